The molecule has 1 unspecified atom stereocenters. The summed E-state index contributed by atoms with van der Waals surface area (Å²) in [5.74, 6) is 0.872. The van der Waals surface area contributed by atoms with Crippen LogP contribution in [0.4, 0.5) is 5.69 Å². The molecule has 3 nitrogen and oxygen atoms in total. The second-order valence-corrected chi connectivity index (χ2v) is 7.69. The zero-order chi connectivity index (χ0) is 18.8. The Hall–Kier alpha value is -2.30. The minimum atomic E-state index is 0.0630. The third kappa shape index (κ3) is 3.73. The van der Waals surface area contributed by atoms with Gasteiger partial charge in [-0.2, -0.15) is 5.10 Å². The van der Waals surface area contributed by atoms with Gasteiger partial charge in [-0.3, -0.25) is 5.01 Å². The van der Waals surface area contributed by atoms with E-state index in [-0.39, 0.29) is 6.04 Å². The number of ether oxygens (including phenoxy) is 1. The van der Waals surface area contributed by atoms with Gasteiger partial charge >= 0.3 is 0 Å². The van der Waals surface area contributed by atoms with Crippen molar-refractivity contribution in [2.75, 3.05) is 12.1 Å². The van der Waals surface area contributed by atoms with Crippen LogP contribution in [0.15, 0.2) is 82.4 Å². The number of methoxy groups -OCH3 is 1. The molecule has 0 spiro atoms. The second kappa shape index (κ2) is 7.75. The summed E-state index contributed by atoms with van der Waals surface area (Å²) in [6, 6.07) is 24.2. The van der Waals surface area contributed by atoms with Crippen LogP contribution in [-0.2, 0) is 0 Å². The topological polar surface area (TPSA) is 24.8 Å². The predicted octanol–water partition coefficient (Wildman–Crippen LogP) is 6.47. The molecule has 3 aromatic carbocycles. The number of nitrogens with zero attached hydrogens (tertiary/aromatic N) is 2. The Morgan fingerprint density at radius 1 is 1.00 bits per heavy atom. The summed E-state index contributed by atoms with van der Waals surface area (Å²) >= 11 is 9.56. The van der Waals surface area contributed by atoms with E-state index in [4.69, 9.17) is 21.4 Å². The normalized spacial score (nSPS) is 16.3. The first kappa shape index (κ1) is 18.1. The first-order chi connectivity index (χ1) is 13.2. The maximum absolute atomic E-state index is 6.05. The van der Waals surface area contributed by atoms with Crippen molar-refractivity contribution < 1.29 is 4.74 Å². The van der Waals surface area contributed by atoms with Crippen molar-refractivity contribution in [3.63, 3.8) is 0 Å². The lowest BCUT2D eigenvalue weighted by Gasteiger charge is -2.25. The molecule has 0 bridgehead atoms. The van der Waals surface area contributed by atoms with Crippen LogP contribution < -0.4 is 9.75 Å². The van der Waals surface area contributed by atoms with Crippen molar-refractivity contribution in [2.24, 2.45) is 5.10 Å². The van der Waals surface area contributed by atoms with Crippen molar-refractivity contribution in [1.29, 1.82) is 0 Å². The Morgan fingerprint density at radius 2 is 1.70 bits per heavy atom. The van der Waals surface area contributed by atoms with E-state index in [2.05, 4.69) is 39.1 Å². The molecule has 0 aliphatic carbocycles. The average molecular weight is 442 g/mol. The fourth-order valence-corrected chi connectivity index (χ4v) is 3.73. The number of hydrazone groups is 1. The third-order valence-corrected chi connectivity index (χ3v) is 5.46. The van der Waals surface area contributed by atoms with Crippen LogP contribution in [0.1, 0.15) is 23.6 Å². The van der Waals surface area contributed by atoms with Gasteiger partial charge < -0.3 is 4.74 Å². The van der Waals surface area contributed by atoms with Crippen molar-refractivity contribution in [3.8, 4) is 5.75 Å². The highest BCUT2D eigenvalue weighted by molar-refractivity contribution is 9.10. The van der Waals surface area contributed by atoms with Gasteiger partial charge in [0, 0.05) is 21.5 Å². The lowest BCUT2D eigenvalue weighted by atomic mass is 9.97. The van der Waals surface area contributed by atoms with E-state index < -0.39 is 0 Å². The summed E-state index contributed by atoms with van der Waals surface area (Å²) in [5.41, 5.74) is 4.28. The van der Waals surface area contributed by atoms with E-state index in [0.717, 1.165) is 44.2 Å². The highest BCUT2D eigenvalue weighted by Gasteiger charge is 2.31. The molecule has 0 saturated carbocycles. The molecule has 27 heavy (non-hydrogen) atoms. The fraction of sp³-hybridized carbons (Fsp3) is 0.136. The molecule has 0 fully saturated rings. The van der Waals surface area contributed by atoms with Gasteiger partial charge in [0.2, 0.25) is 0 Å². The number of hydrogen-bond acceptors (Lipinski definition) is 3. The molecule has 0 N–H and O–H groups in total. The van der Waals surface area contributed by atoms with Crippen molar-refractivity contribution in [1.82, 2.24) is 0 Å². The molecule has 0 radical (unpaired) electrons. The number of benzene rings is 3. The molecule has 1 atom stereocenters. The van der Waals surface area contributed by atoms with Crippen LogP contribution in [0, 0.1) is 0 Å². The smallest absolute Gasteiger partial charge is 0.124 e. The summed E-state index contributed by atoms with van der Waals surface area (Å²) in [6.07, 6.45) is 0.790. The van der Waals surface area contributed by atoms with E-state index in [9.17, 15) is 0 Å². The van der Waals surface area contributed by atoms with Crippen LogP contribution in [0.5, 0.6) is 5.75 Å². The third-order valence-electron chi connectivity index (χ3n) is 4.68. The average Bonchev–Trinajstić information content (AvgIpc) is 3.14. The number of rotatable bonds is 4. The zero-order valence-corrected chi connectivity index (χ0v) is 17.1. The van der Waals surface area contributed by atoms with E-state index in [1.165, 1.54) is 0 Å². The zero-order valence-electron chi connectivity index (χ0n) is 14.8. The van der Waals surface area contributed by atoms with Crippen LogP contribution in [0.3, 0.4) is 0 Å². The Kier molecular flexibility index (Phi) is 5.19. The van der Waals surface area contributed by atoms with Gasteiger partial charge in [-0.15, -0.1) is 0 Å². The van der Waals surface area contributed by atoms with Crippen LogP contribution in [0.25, 0.3) is 0 Å². The number of hydrogen-bond donors (Lipinski definition) is 0. The maximum atomic E-state index is 6.05. The van der Waals surface area contributed by atoms with Crippen molar-refractivity contribution in [2.45, 2.75) is 12.5 Å². The molecule has 5 heteroatoms. The van der Waals surface area contributed by atoms with Gasteiger partial charge in [-0.25, -0.2) is 0 Å². The molecule has 0 amide bonds. The number of anilines is 1. The minimum absolute atomic E-state index is 0.0630. The van der Waals surface area contributed by atoms with E-state index in [1.54, 1.807) is 7.11 Å². The lowest BCUT2D eigenvalue weighted by molar-refractivity contribution is 0.405. The Balaban J connectivity index is 1.77. The quantitative estimate of drug-likeness (QED) is 0.464. The van der Waals surface area contributed by atoms with Crippen molar-refractivity contribution >= 4 is 38.9 Å². The molecule has 3 aromatic rings. The first-order valence-electron chi connectivity index (χ1n) is 8.67. The van der Waals surface area contributed by atoms with Crippen LogP contribution in [-0.4, -0.2) is 12.8 Å². The molecule has 1 heterocycles. The van der Waals surface area contributed by atoms with Gasteiger partial charge in [-0.05, 0) is 48.0 Å². The summed E-state index contributed by atoms with van der Waals surface area (Å²) in [7, 11) is 1.71. The Bertz CT molecular complexity index is 970. The molecule has 0 saturated heterocycles. The highest BCUT2D eigenvalue weighted by atomic mass is 79.9. The maximum Gasteiger partial charge on any atom is 0.124 e. The molecule has 1 aliphatic heterocycles. The molecule has 0 aromatic heterocycles. The lowest BCUT2D eigenvalue weighted by Crippen LogP contribution is -2.19. The first-order valence-corrected chi connectivity index (χ1v) is 9.84. The molecular formula is C22H18BrClN2O. The van der Waals surface area contributed by atoms with Crippen LogP contribution in [0.2, 0.25) is 5.02 Å². The van der Waals surface area contributed by atoms with E-state index >= 15 is 0 Å². The Labute approximate surface area is 172 Å². The summed E-state index contributed by atoms with van der Waals surface area (Å²) in [6.45, 7) is 0. The monoisotopic (exact) mass is 440 g/mol. The molecular weight excluding hydrogens is 424 g/mol. The second-order valence-electron chi connectivity index (χ2n) is 6.34. The van der Waals surface area contributed by atoms with Crippen LogP contribution >= 0.6 is 27.5 Å². The Morgan fingerprint density at radius 3 is 2.41 bits per heavy atom. The minimum Gasteiger partial charge on any atom is -0.496 e. The highest BCUT2D eigenvalue weighted by Crippen LogP contribution is 2.40. The largest absolute Gasteiger partial charge is 0.496 e. The predicted molar refractivity (Wildman–Crippen MR) is 115 cm³/mol. The number of halogens is 2. The van der Waals surface area contributed by atoms with Crippen molar-refractivity contribution in [3.05, 3.63) is 93.4 Å². The molecule has 1 aliphatic rings. The summed E-state index contributed by atoms with van der Waals surface area (Å²) < 4.78 is 6.66. The molecule has 4 rings (SSSR count). The summed E-state index contributed by atoms with van der Waals surface area (Å²) in [4.78, 5) is 0. The molecule has 136 valence electrons. The van der Waals surface area contributed by atoms with E-state index in [0.29, 0.717) is 0 Å². The van der Waals surface area contributed by atoms with Gasteiger partial charge in [-0.1, -0.05) is 57.9 Å². The van der Waals surface area contributed by atoms with Gasteiger partial charge in [0.05, 0.1) is 24.6 Å². The van der Waals surface area contributed by atoms with Gasteiger partial charge in [0.1, 0.15) is 5.75 Å². The SMILES string of the molecule is COc1ccccc1C1CC(c2ccc(Cl)cc2)=NN1c1ccc(Br)cc1. The fourth-order valence-electron chi connectivity index (χ4n) is 3.34. The standard InChI is InChI=1S/C22H18BrClN2O/c1-27-22-5-3-2-4-19(22)21-14-20(15-6-10-17(24)11-7-15)25-26(21)18-12-8-16(23)9-13-18/h2-13,21H,14H2,1H3. The van der Waals surface area contributed by atoms with Gasteiger partial charge in [0.25, 0.3) is 0 Å². The summed E-state index contributed by atoms with van der Waals surface area (Å²) in [5, 5.41) is 7.76. The van der Waals surface area contributed by atoms with Gasteiger partial charge in [0.15, 0.2) is 0 Å². The number of para-hydroxylation sites is 1. The van der Waals surface area contributed by atoms with E-state index in [1.807, 2.05) is 54.6 Å².